The predicted octanol–water partition coefficient (Wildman–Crippen LogP) is 21.7. The molecule has 0 saturated heterocycles. The van der Waals surface area contributed by atoms with Gasteiger partial charge in [-0.2, -0.15) is 0 Å². The van der Waals surface area contributed by atoms with Crippen LogP contribution >= 0.6 is 0 Å². The number of hydrogen-bond acceptors (Lipinski definition) is 6. The summed E-state index contributed by atoms with van der Waals surface area (Å²) in [5.41, 5.74) is 0. The number of carbonyl (C=O) groups is 3. The molecule has 0 bridgehead atoms. The van der Waals surface area contributed by atoms with Gasteiger partial charge in [0.25, 0.3) is 0 Å². The molecular formula is C69H118O6. The molecule has 6 nitrogen and oxygen atoms in total. The van der Waals surface area contributed by atoms with Crippen LogP contribution in [0.25, 0.3) is 0 Å². The van der Waals surface area contributed by atoms with Gasteiger partial charge >= 0.3 is 17.9 Å². The largest absolute Gasteiger partial charge is 0.462 e. The molecule has 0 spiro atoms. The zero-order valence-electron chi connectivity index (χ0n) is 49.3. The number of esters is 3. The van der Waals surface area contributed by atoms with Gasteiger partial charge in [-0.05, 0) is 96.3 Å². The average Bonchev–Trinajstić information content (AvgIpc) is 3.41. The number of rotatable bonds is 57. The Labute approximate surface area is 464 Å². The standard InChI is InChI=1S/C69H118O6/c1-4-7-10-13-16-19-22-25-28-31-32-33-34-35-36-39-41-44-47-50-53-56-59-62-68(71)74-65-66(75-69(72)63-60-57-54-51-48-45-42-38-30-27-24-21-18-15-12-9-6-3)64-73-67(70)61-58-55-52-49-46-43-40-37-29-26-23-20-17-14-11-8-5-2/h7,9-10,12,16,18-19,21,25,27-28,30,32-33,35-36,66H,4-6,8,11,13-15,17,20,22-24,26,29,31,34,37-65H2,1-3H3/b10-7-,12-9-,19-16-,21-18-,28-25-,30-27-,33-32-,36-35-. The van der Waals surface area contributed by atoms with Gasteiger partial charge in [0.05, 0.1) is 0 Å². The van der Waals surface area contributed by atoms with Gasteiger partial charge in [0, 0.05) is 19.3 Å². The van der Waals surface area contributed by atoms with E-state index in [0.717, 1.165) is 122 Å². The maximum Gasteiger partial charge on any atom is 0.306 e. The van der Waals surface area contributed by atoms with E-state index in [-0.39, 0.29) is 31.1 Å². The molecule has 0 aliphatic rings. The molecule has 0 heterocycles. The van der Waals surface area contributed by atoms with Crippen molar-refractivity contribution in [3.8, 4) is 0 Å². The molecule has 0 aromatic rings. The molecular weight excluding hydrogens is 925 g/mol. The third-order valence-electron chi connectivity index (χ3n) is 13.6. The third kappa shape index (κ3) is 61.1. The van der Waals surface area contributed by atoms with Crippen LogP contribution in [-0.2, 0) is 28.6 Å². The Morgan fingerprint density at radius 1 is 0.280 bits per heavy atom. The summed E-state index contributed by atoms with van der Waals surface area (Å²) in [6, 6.07) is 0. The highest BCUT2D eigenvalue weighted by Gasteiger charge is 2.19. The van der Waals surface area contributed by atoms with Crippen molar-refractivity contribution in [1.29, 1.82) is 0 Å². The molecule has 0 rings (SSSR count). The summed E-state index contributed by atoms with van der Waals surface area (Å²) in [7, 11) is 0. The maximum absolute atomic E-state index is 12.9. The van der Waals surface area contributed by atoms with E-state index in [1.54, 1.807) is 0 Å². The molecule has 430 valence electrons. The highest BCUT2D eigenvalue weighted by molar-refractivity contribution is 5.71. The minimum Gasteiger partial charge on any atom is -0.462 e. The van der Waals surface area contributed by atoms with Crippen LogP contribution in [0.2, 0.25) is 0 Å². The minimum absolute atomic E-state index is 0.0829. The van der Waals surface area contributed by atoms with Crippen LogP contribution in [0.1, 0.15) is 303 Å². The van der Waals surface area contributed by atoms with Crippen LogP contribution in [0, 0.1) is 0 Å². The molecule has 1 unspecified atom stereocenters. The SMILES string of the molecule is CC/C=C\C/C=C\C/C=C\C/C=C\C/C=C\CCCCCCCCCC(=O)OCC(COC(=O)CCCCCCCCCCCCCCCCCCC)OC(=O)CCCCCCCCC/C=C\C/C=C\C/C=C\CC. The predicted molar refractivity (Wildman–Crippen MR) is 325 cm³/mol. The fraction of sp³-hybridized carbons (Fsp3) is 0.725. The number of carbonyl (C=O) groups excluding carboxylic acids is 3. The molecule has 0 aromatic heterocycles. The molecule has 0 aliphatic carbocycles. The summed E-state index contributed by atoms with van der Waals surface area (Å²) in [6.45, 7) is 6.43. The Hall–Kier alpha value is -3.67. The van der Waals surface area contributed by atoms with E-state index in [0.29, 0.717) is 19.3 Å². The monoisotopic (exact) mass is 1040 g/mol. The van der Waals surface area contributed by atoms with Crippen molar-refractivity contribution in [3.63, 3.8) is 0 Å². The number of ether oxygens (including phenoxy) is 3. The Morgan fingerprint density at radius 2 is 0.520 bits per heavy atom. The van der Waals surface area contributed by atoms with Crippen molar-refractivity contribution in [2.75, 3.05) is 13.2 Å². The average molecular weight is 1040 g/mol. The van der Waals surface area contributed by atoms with Crippen molar-refractivity contribution in [1.82, 2.24) is 0 Å². The second kappa shape index (κ2) is 62.9. The van der Waals surface area contributed by atoms with Crippen molar-refractivity contribution >= 4 is 17.9 Å². The van der Waals surface area contributed by atoms with Crippen LogP contribution in [0.3, 0.4) is 0 Å². The highest BCUT2D eigenvalue weighted by atomic mass is 16.6. The maximum atomic E-state index is 12.9. The molecule has 6 heteroatoms. The van der Waals surface area contributed by atoms with Gasteiger partial charge in [0.1, 0.15) is 13.2 Å². The van der Waals surface area contributed by atoms with Gasteiger partial charge in [0.2, 0.25) is 0 Å². The Morgan fingerprint density at radius 3 is 0.813 bits per heavy atom. The lowest BCUT2D eigenvalue weighted by atomic mass is 10.0. The zero-order valence-corrected chi connectivity index (χ0v) is 49.3. The van der Waals surface area contributed by atoms with E-state index >= 15 is 0 Å². The first-order chi connectivity index (χ1) is 37.0. The van der Waals surface area contributed by atoms with Crippen molar-refractivity contribution < 1.29 is 28.6 Å². The number of hydrogen-bond donors (Lipinski definition) is 0. The Kier molecular flexibility index (Phi) is 59.8. The second-order valence-electron chi connectivity index (χ2n) is 20.9. The summed E-state index contributed by atoms with van der Waals surface area (Å²) in [5, 5.41) is 0. The summed E-state index contributed by atoms with van der Waals surface area (Å²) in [4.78, 5) is 38.3. The van der Waals surface area contributed by atoms with Gasteiger partial charge in [-0.25, -0.2) is 0 Å². The van der Waals surface area contributed by atoms with Crippen LogP contribution in [0.4, 0.5) is 0 Å². The number of allylic oxidation sites excluding steroid dienone is 16. The first-order valence-electron chi connectivity index (χ1n) is 31.7. The fourth-order valence-corrected chi connectivity index (χ4v) is 8.90. The lowest BCUT2D eigenvalue weighted by Gasteiger charge is -2.18. The Bertz CT molecular complexity index is 1480. The van der Waals surface area contributed by atoms with Crippen molar-refractivity contribution in [2.24, 2.45) is 0 Å². The first-order valence-corrected chi connectivity index (χ1v) is 31.7. The normalized spacial score (nSPS) is 12.7. The van der Waals surface area contributed by atoms with E-state index in [1.165, 1.54) is 141 Å². The minimum atomic E-state index is -0.788. The van der Waals surface area contributed by atoms with Gasteiger partial charge in [-0.1, -0.05) is 285 Å². The molecule has 0 saturated carbocycles. The Balaban J connectivity index is 4.39. The molecule has 1 atom stereocenters. The van der Waals surface area contributed by atoms with Crippen molar-refractivity contribution in [2.45, 2.75) is 309 Å². The molecule has 75 heavy (non-hydrogen) atoms. The lowest BCUT2D eigenvalue weighted by molar-refractivity contribution is -0.167. The van der Waals surface area contributed by atoms with Crippen LogP contribution in [-0.4, -0.2) is 37.2 Å². The van der Waals surface area contributed by atoms with Crippen LogP contribution in [0.5, 0.6) is 0 Å². The summed E-state index contributed by atoms with van der Waals surface area (Å²) >= 11 is 0. The van der Waals surface area contributed by atoms with E-state index in [4.69, 9.17) is 14.2 Å². The van der Waals surface area contributed by atoms with Crippen molar-refractivity contribution in [3.05, 3.63) is 97.2 Å². The second-order valence-corrected chi connectivity index (χ2v) is 20.9. The number of unbranched alkanes of at least 4 members (excludes halogenated alkanes) is 30. The molecule has 0 amide bonds. The van der Waals surface area contributed by atoms with E-state index in [2.05, 4.69) is 118 Å². The molecule has 0 radical (unpaired) electrons. The molecule has 0 fully saturated rings. The van der Waals surface area contributed by atoms with Gasteiger partial charge < -0.3 is 14.2 Å². The van der Waals surface area contributed by atoms with Gasteiger partial charge in [0.15, 0.2) is 6.10 Å². The van der Waals surface area contributed by atoms with Gasteiger partial charge in [-0.3, -0.25) is 14.4 Å². The summed E-state index contributed by atoms with van der Waals surface area (Å²) < 4.78 is 16.9. The third-order valence-corrected chi connectivity index (χ3v) is 13.6. The van der Waals surface area contributed by atoms with E-state index < -0.39 is 6.10 Å². The fourth-order valence-electron chi connectivity index (χ4n) is 8.90. The smallest absolute Gasteiger partial charge is 0.306 e. The topological polar surface area (TPSA) is 78.9 Å². The van der Waals surface area contributed by atoms with Crippen LogP contribution < -0.4 is 0 Å². The van der Waals surface area contributed by atoms with Gasteiger partial charge in [-0.15, -0.1) is 0 Å². The molecule has 0 N–H and O–H groups in total. The zero-order chi connectivity index (χ0) is 54.3. The quantitative estimate of drug-likeness (QED) is 0.0261. The summed E-state index contributed by atoms with van der Waals surface area (Å²) in [5.74, 6) is -0.893. The lowest BCUT2D eigenvalue weighted by Crippen LogP contribution is -2.30. The molecule has 0 aliphatic heterocycles. The highest BCUT2D eigenvalue weighted by Crippen LogP contribution is 2.16. The first kappa shape index (κ1) is 71.3. The summed E-state index contributed by atoms with van der Waals surface area (Å²) in [6.07, 6.45) is 84.0. The molecule has 0 aromatic carbocycles. The van der Waals surface area contributed by atoms with E-state index in [9.17, 15) is 14.4 Å². The van der Waals surface area contributed by atoms with Crippen LogP contribution in [0.15, 0.2) is 97.2 Å². The van der Waals surface area contributed by atoms with E-state index in [1.807, 2.05) is 0 Å².